The highest BCUT2D eigenvalue weighted by atomic mass is 35.5. The number of nitrogens with one attached hydrogen (secondary N) is 1. The predicted molar refractivity (Wildman–Crippen MR) is 75.6 cm³/mol. The molecule has 3 rings (SSSR count). The van der Waals surface area contributed by atoms with Gasteiger partial charge in [-0.3, -0.25) is 0 Å². The van der Waals surface area contributed by atoms with Crippen molar-refractivity contribution in [3.8, 4) is 0 Å². The Kier molecular flexibility index (Phi) is 5.31. The van der Waals surface area contributed by atoms with E-state index < -0.39 is 12.2 Å². The Morgan fingerprint density at radius 2 is 1.73 bits per heavy atom. The van der Waals surface area contributed by atoms with Crippen molar-refractivity contribution in [2.75, 3.05) is 5.43 Å². The zero-order chi connectivity index (χ0) is 16.1. The summed E-state index contributed by atoms with van der Waals surface area (Å²) < 4.78 is 25.4. The van der Waals surface area contributed by atoms with E-state index in [1.165, 1.54) is 12.1 Å². The van der Waals surface area contributed by atoms with Gasteiger partial charge in [-0.25, -0.2) is 14.6 Å². The zero-order valence-corrected chi connectivity index (χ0v) is 12.2. The second kappa shape index (κ2) is 7.20. The van der Waals surface area contributed by atoms with E-state index in [1.54, 1.807) is 12.1 Å². The van der Waals surface area contributed by atoms with E-state index in [0.717, 1.165) is 4.52 Å². The molecule has 0 aromatic carbocycles. The maximum absolute atomic E-state index is 12.3. The zero-order valence-electron chi connectivity index (χ0n) is 10.7. The van der Waals surface area contributed by atoms with Crippen molar-refractivity contribution in [2.45, 2.75) is 6.43 Å². The third-order valence-electron chi connectivity index (χ3n) is 2.23. The molecule has 0 amide bonds. The summed E-state index contributed by atoms with van der Waals surface area (Å²) in [6, 6.07) is 6.16. The van der Waals surface area contributed by atoms with Gasteiger partial charge in [0.1, 0.15) is 5.15 Å². The summed E-state index contributed by atoms with van der Waals surface area (Å²) in [5, 5.41) is 18.0. The molecule has 3 N–H and O–H groups in total. The van der Waals surface area contributed by atoms with Crippen LogP contribution in [0.25, 0.3) is 5.65 Å². The smallest absolute Gasteiger partial charge is 0.299 e. The molecule has 0 aliphatic rings. The maximum Gasteiger partial charge on any atom is 0.299 e. The molecule has 116 valence electrons. The molecule has 8 nitrogen and oxygen atoms in total. The summed E-state index contributed by atoms with van der Waals surface area (Å²) in [7, 11) is 0. The first-order valence-corrected chi connectivity index (χ1v) is 6.38. The second-order valence-electron chi connectivity index (χ2n) is 3.67. The molecule has 12 heteroatoms. The molecular weight excluding hydrogens is 341 g/mol. The molecule has 0 atom stereocenters. The van der Waals surface area contributed by atoms with Crippen LogP contribution >= 0.6 is 23.2 Å². The number of hydrazine groups is 1. The highest BCUT2D eigenvalue weighted by molar-refractivity contribution is 6.29. The van der Waals surface area contributed by atoms with E-state index in [2.05, 4.69) is 30.9 Å². The lowest BCUT2D eigenvalue weighted by atomic mass is 10.5. The fourth-order valence-electron chi connectivity index (χ4n) is 1.31. The Balaban J connectivity index is 0.000000172. The van der Waals surface area contributed by atoms with Gasteiger partial charge in [0.2, 0.25) is 5.82 Å². The molecule has 0 bridgehead atoms. The number of alkyl halides is 2. The average molecular weight is 349 g/mol. The maximum atomic E-state index is 12.3. The first-order chi connectivity index (χ1) is 10.5. The monoisotopic (exact) mass is 348 g/mol. The quantitative estimate of drug-likeness (QED) is 0.539. The van der Waals surface area contributed by atoms with Crippen molar-refractivity contribution in [1.29, 1.82) is 0 Å². The summed E-state index contributed by atoms with van der Waals surface area (Å²) >= 11 is 10.9. The minimum absolute atomic E-state index is 0.120. The molecule has 0 saturated carbocycles. The lowest BCUT2D eigenvalue weighted by molar-refractivity contribution is 0.137. The van der Waals surface area contributed by atoms with Gasteiger partial charge in [-0.2, -0.15) is 9.61 Å². The average Bonchev–Trinajstić information content (AvgIpc) is 2.92. The number of anilines is 1. The fraction of sp³-hybridized carbons (Fsp3) is 0.100. The number of halogens is 4. The minimum Gasteiger partial charge on any atom is -0.307 e. The van der Waals surface area contributed by atoms with Gasteiger partial charge in [0, 0.05) is 0 Å². The van der Waals surface area contributed by atoms with Crippen molar-refractivity contribution in [2.24, 2.45) is 5.84 Å². The number of nitrogens with zero attached hydrogens (tertiary/aromatic N) is 6. The van der Waals surface area contributed by atoms with Gasteiger partial charge in [0.15, 0.2) is 16.6 Å². The first-order valence-electron chi connectivity index (χ1n) is 5.63. The molecule has 0 fully saturated rings. The molecule has 0 spiro atoms. The van der Waals surface area contributed by atoms with Crippen LogP contribution in [0.2, 0.25) is 10.3 Å². The van der Waals surface area contributed by atoms with Gasteiger partial charge < -0.3 is 5.43 Å². The molecule has 0 saturated heterocycles. The predicted octanol–water partition coefficient (Wildman–Crippen LogP) is 2.13. The highest BCUT2D eigenvalue weighted by Crippen LogP contribution is 2.17. The van der Waals surface area contributed by atoms with Crippen LogP contribution in [-0.4, -0.2) is 30.0 Å². The largest absolute Gasteiger partial charge is 0.307 e. The number of fused-ring (bicyclic) bond motifs is 1. The molecular formula is C10H8Cl2F2N8. The number of hydrogen-bond donors (Lipinski definition) is 2. The van der Waals surface area contributed by atoms with Crippen LogP contribution in [0.5, 0.6) is 0 Å². The molecule has 0 aliphatic carbocycles. The van der Waals surface area contributed by atoms with Crippen LogP contribution in [0.4, 0.5) is 14.6 Å². The summed E-state index contributed by atoms with van der Waals surface area (Å²) in [5.41, 5.74) is 2.57. The van der Waals surface area contributed by atoms with Crippen molar-refractivity contribution < 1.29 is 8.78 Å². The summed E-state index contributed by atoms with van der Waals surface area (Å²) in [6.45, 7) is 0. The van der Waals surface area contributed by atoms with Gasteiger partial charge in [-0.05, 0) is 24.3 Å². The van der Waals surface area contributed by atoms with Gasteiger partial charge in [0.25, 0.3) is 6.43 Å². The summed E-state index contributed by atoms with van der Waals surface area (Å²) in [6.07, 6.45) is -2.71. The van der Waals surface area contributed by atoms with Crippen LogP contribution in [-0.2, 0) is 0 Å². The van der Waals surface area contributed by atoms with E-state index in [1.807, 2.05) is 0 Å². The summed E-state index contributed by atoms with van der Waals surface area (Å²) in [4.78, 5) is 0. The topological polar surface area (TPSA) is 107 Å². The molecule has 3 heterocycles. The number of aromatic nitrogens is 6. The number of hydrogen-bond acceptors (Lipinski definition) is 7. The van der Waals surface area contributed by atoms with Crippen LogP contribution in [0, 0.1) is 0 Å². The Morgan fingerprint density at radius 3 is 2.32 bits per heavy atom. The number of rotatable bonds is 2. The number of nitrogens with two attached hydrogens (primary N) is 1. The molecule has 3 aromatic rings. The molecule has 0 aliphatic heterocycles. The number of nitrogen functional groups attached to an aromatic ring is 1. The lowest BCUT2D eigenvalue weighted by Crippen LogP contribution is -2.08. The SMILES string of the molecule is FC(F)c1nnc2ccc(Cl)nn12.NNc1ccc(Cl)nn1. The molecule has 22 heavy (non-hydrogen) atoms. The van der Waals surface area contributed by atoms with Gasteiger partial charge >= 0.3 is 0 Å². The van der Waals surface area contributed by atoms with Crippen molar-refractivity contribution in [1.82, 2.24) is 30.0 Å². The molecule has 3 aromatic heterocycles. The second-order valence-corrected chi connectivity index (χ2v) is 4.45. The summed E-state index contributed by atoms with van der Waals surface area (Å²) in [5.74, 6) is 5.00. The van der Waals surface area contributed by atoms with Crippen LogP contribution in [0.15, 0.2) is 24.3 Å². The Hall–Kier alpha value is -2.17. The molecule has 0 radical (unpaired) electrons. The Labute approximate surface area is 132 Å². The Morgan fingerprint density at radius 1 is 1.00 bits per heavy atom. The Bertz CT molecular complexity index is 748. The van der Waals surface area contributed by atoms with E-state index in [0.29, 0.717) is 11.0 Å². The van der Waals surface area contributed by atoms with E-state index >= 15 is 0 Å². The van der Waals surface area contributed by atoms with E-state index in [9.17, 15) is 8.78 Å². The van der Waals surface area contributed by atoms with Crippen molar-refractivity contribution in [3.63, 3.8) is 0 Å². The normalized spacial score (nSPS) is 10.5. The van der Waals surface area contributed by atoms with E-state index in [-0.39, 0.29) is 10.8 Å². The lowest BCUT2D eigenvalue weighted by Gasteiger charge is -1.95. The molecule has 0 unspecified atom stereocenters. The standard InChI is InChI=1S/C6H3ClF2N4.C4H5ClN4/c7-3-1-2-4-10-11-6(5(8)9)13(4)12-3;5-3-1-2-4(7-6)9-8-3/h1-2,5H;1-2H,6H2,(H,7,9). The van der Waals surface area contributed by atoms with Crippen LogP contribution in [0.1, 0.15) is 12.2 Å². The van der Waals surface area contributed by atoms with Crippen LogP contribution in [0.3, 0.4) is 0 Å². The fourth-order valence-corrected chi connectivity index (χ4v) is 1.55. The third-order valence-corrected chi connectivity index (χ3v) is 2.63. The van der Waals surface area contributed by atoms with Gasteiger partial charge in [0.05, 0.1) is 0 Å². The van der Waals surface area contributed by atoms with Crippen molar-refractivity contribution in [3.05, 3.63) is 40.4 Å². The van der Waals surface area contributed by atoms with Crippen molar-refractivity contribution >= 4 is 34.7 Å². The highest BCUT2D eigenvalue weighted by Gasteiger charge is 2.16. The minimum atomic E-state index is -2.71. The van der Waals surface area contributed by atoms with Gasteiger partial charge in [-0.1, -0.05) is 23.2 Å². The van der Waals surface area contributed by atoms with E-state index in [4.69, 9.17) is 29.0 Å². The first kappa shape index (κ1) is 16.2. The third kappa shape index (κ3) is 3.93. The van der Waals surface area contributed by atoms with Gasteiger partial charge in [-0.15, -0.1) is 20.4 Å². The van der Waals surface area contributed by atoms with Crippen LogP contribution < -0.4 is 11.3 Å².